The monoisotopic (exact) mass is 377 g/mol. The van der Waals surface area contributed by atoms with Crippen molar-refractivity contribution in [2.75, 3.05) is 19.6 Å². The van der Waals surface area contributed by atoms with Crippen LogP contribution in [0.1, 0.15) is 30.4 Å². The second-order valence-corrected chi connectivity index (χ2v) is 6.57. The summed E-state index contributed by atoms with van der Waals surface area (Å²) < 4.78 is 37.7. The van der Waals surface area contributed by atoms with Gasteiger partial charge in [0.15, 0.2) is 0 Å². The first-order valence-corrected chi connectivity index (χ1v) is 8.34. The summed E-state index contributed by atoms with van der Waals surface area (Å²) in [4.78, 5) is 14.3. The van der Waals surface area contributed by atoms with Crippen molar-refractivity contribution in [2.45, 2.75) is 44.1 Å². The topological polar surface area (TPSA) is 44.4 Å². The van der Waals surface area contributed by atoms with Gasteiger partial charge >= 0.3 is 6.18 Å². The van der Waals surface area contributed by atoms with Gasteiger partial charge in [0.1, 0.15) is 0 Å². The number of alkyl halides is 3. The zero-order valence-electron chi connectivity index (χ0n) is 13.8. The van der Waals surface area contributed by atoms with Gasteiger partial charge in [-0.2, -0.15) is 13.2 Å². The Morgan fingerprint density at radius 2 is 1.96 bits per heavy atom. The molecule has 2 N–H and O–H groups in total. The van der Waals surface area contributed by atoms with Crippen molar-refractivity contribution in [3.05, 3.63) is 35.4 Å². The van der Waals surface area contributed by atoms with Crippen LogP contribution in [0.25, 0.3) is 0 Å². The lowest BCUT2D eigenvalue weighted by atomic mass is 10.1. The number of amides is 1. The zero-order valence-corrected chi connectivity index (χ0v) is 14.6. The van der Waals surface area contributed by atoms with Crippen LogP contribution < -0.4 is 10.6 Å². The fourth-order valence-corrected chi connectivity index (χ4v) is 3.36. The highest BCUT2D eigenvalue weighted by Gasteiger charge is 2.31. The second kappa shape index (κ2) is 8.38. The molecule has 140 valence electrons. The smallest absolute Gasteiger partial charge is 0.351 e. The van der Waals surface area contributed by atoms with Crippen LogP contribution in [0.3, 0.4) is 0 Å². The lowest BCUT2D eigenvalue weighted by Gasteiger charge is -2.18. The van der Waals surface area contributed by atoms with E-state index in [4.69, 9.17) is 0 Å². The summed E-state index contributed by atoms with van der Waals surface area (Å²) in [5.74, 6) is 0.0638. The van der Waals surface area contributed by atoms with Gasteiger partial charge in [-0.1, -0.05) is 12.1 Å². The molecule has 2 aliphatic rings. The minimum Gasteiger partial charge on any atom is -0.351 e. The Labute approximate surface area is 151 Å². The van der Waals surface area contributed by atoms with Crippen molar-refractivity contribution in [2.24, 2.45) is 0 Å². The molecule has 3 rings (SSSR count). The molecule has 1 aromatic rings. The number of likely N-dealkylation sites (tertiary alicyclic amines) is 1. The Morgan fingerprint density at radius 3 is 2.56 bits per heavy atom. The van der Waals surface area contributed by atoms with E-state index in [2.05, 4.69) is 15.5 Å². The Bertz CT molecular complexity index is 573. The molecule has 2 atom stereocenters. The van der Waals surface area contributed by atoms with Crippen molar-refractivity contribution in [1.82, 2.24) is 15.5 Å². The predicted molar refractivity (Wildman–Crippen MR) is 91.5 cm³/mol. The molecule has 2 fully saturated rings. The van der Waals surface area contributed by atoms with Crippen LogP contribution in [0.2, 0.25) is 0 Å². The number of nitrogens with one attached hydrogen (secondary N) is 2. The maximum atomic E-state index is 12.6. The first-order chi connectivity index (χ1) is 11.4. The molecule has 0 aliphatic carbocycles. The number of hydrogen-bond donors (Lipinski definition) is 2. The van der Waals surface area contributed by atoms with Gasteiger partial charge in [0, 0.05) is 25.7 Å². The number of carbonyl (C=O) groups excluding carboxylic acids is 1. The molecule has 8 heteroatoms. The van der Waals surface area contributed by atoms with Gasteiger partial charge in [-0.15, -0.1) is 12.4 Å². The van der Waals surface area contributed by atoms with E-state index in [9.17, 15) is 18.0 Å². The third-order valence-electron chi connectivity index (χ3n) is 4.68. The molecule has 0 radical (unpaired) electrons. The number of rotatable bonds is 4. The molecule has 0 spiro atoms. The number of halogens is 4. The van der Waals surface area contributed by atoms with Gasteiger partial charge in [-0.3, -0.25) is 9.69 Å². The SMILES string of the molecule is Cl.O=C(NC1CCN(Cc2ccc(C(F)(F)F)cc2)C1)[C@@H]1CCCN1. The lowest BCUT2D eigenvalue weighted by molar-refractivity contribution is -0.137. The standard InChI is InChI=1S/C17H22F3N3O.ClH/c18-17(19,20)13-5-3-12(4-6-13)10-23-9-7-14(11-23)22-16(24)15-2-1-8-21-15;/h3-6,14-15,21H,1-2,7-11H2,(H,22,24);1H/t14?,15-;/m0./s1. The molecular formula is C17H23ClF3N3O. The van der Waals surface area contributed by atoms with Crippen LogP contribution in [0.15, 0.2) is 24.3 Å². The summed E-state index contributed by atoms with van der Waals surface area (Å²) in [6, 6.07) is 5.34. The average Bonchev–Trinajstić information content (AvgIpc) is 3.19. The molecular weight excluding hydrogens is 355 g/mol. The Balaban J connectivity index is 0.00000225. The summed E-state index contributed by atoms with van der Waals surface area (Å²) in [5.41, 5.74) is 0.231. The molecule has 1 amide bonds. The second-order valence-electron chi connectivity index (χ2n) is 6.57. The zero-order chi connectivity index (χ0) is 17.2. The Morgan fingerprint density at radius 1 is 1.24 bits per heavy atom. The first-order valence-electron chi connectivity index (χ1n) is 8.34. The van der Waals surface area contributed by atoms with E-state index in [1.54, 1.807) is 0 Å². The maximum Gasteiger partial charge on any atom is 0.416 e. The van der Waals surface area contributed by atoms with Crippen molar-refractivity contribution in [3.8, 4) is 0 Å². The molecule has 2 aliphatic heterocycles. The molecule has 4 nitrogen and oxygen atoms in total. The molecule has 2 heterocycles. The number of hydrogen-bond acceptors (Lipinski definition) is 3. The molecule has 1 unspecified atom stereocenters. The minimum atomic E-state index is -4.30. The van der Waals surface area contributed by atoms with E-state index < -0.39 is 11.7 Å². The van der Waals surface area contributed by atoms with Crippen molar-refractivity contribution in [3.63, 3.8) is 0 Å². The van der Waals surface area contributed by atoms with Crippen LogP contribution in [0.5, 0.6) is 0 Å². The van der Waals surface area contributed by atoms with Crippen LogP contribution in [-0.4, -0.2) is 42.5 Å². The maximum absolute atomic E-state index is 12.6. The van der Waals surface area contributed by atoms with Crippen LogP contribution in [0.4, 0.5) is 13.2 Å². The third kappa shape index (κ3) is 5.33. The Kier molecular flexibility index (Phi) is 6.71. The van der Waals surface area contributed by atoms with E-state index in [0.717, 1.165) is 56.6 Å². The molecule has 0 bridgehead atoms. The molecule has 0 saturated carbocycles. The van der Waals surface area contributed by atoms with E-state index >= 15 is 0 Å². The fraction of sp³-hybridized carbons (Fsp3) is 0.588. The summed E-state index contributed by atoms with van der Waals surface area (Å²) in [6.07, 6.45) is -1.51. The molecule has 25 heavy (non-hydrogen) atoms. The average molecular weight is 378 g/mol. The number of benzene rings is 1. The van der Waals surface area contributed by atoms with Gasteiger partial charge in [-0.05, 0) is 43.5 Å². The molecule has 2 saturated heterocycles. The van der Waals surface area contributed by atoms with Gasteiger partial charge in [0.05, 0.1) is 11.6 Å². The first kappa shape index (κ1) is 20.0. The van der Waals surface area contributed by atoms with Crippen molar-refractivity contribution in [1.29, 1.82) is 0 Å². The normalized spacial score (nSPS) is 24.1. The van der Waals surface area contributed by atoms with Crippen LogP contribution in [0, 0.1) is 0 Å². The van der Waals surface area contributed by atoms with Crippen LogP contribution >= 0.6 is 12.4 Å². The van der Waals surface area contributed by atoms with Gasteiger partial charge in [0.25, 0.3) is 0 Å². The van der Waals surface area contributed by atoms with E-state index in [0.29, 0.717) is 6.54 Å². The van der Waals surface area contributed by atoms with Gasteiger partial charge in [0.2, 0.25) is 5.91 Å². The van der Waals surface area contributed by atoms with Crippen LogP contribution in [-0.2, 0) is 17.5 Å². The van der Waals surface area contributed by atoms with E-state index in [1.165, 1.54) is 12.1 Å². The molecule has 1 aromatic carbocycles. The van der Waals surface area contributed by atoms with E-state index in [1.807, 2.05) is 0 Å². The highest BCUT2D eigenvalue weighted by Crippen LogP contribution is 2.29. The van der Waals surface area contributed by atoms with Gasteiger partial charge < -0.3 is 10.6 Å². The summed E-state index contributed by atoms with van der Waals surface area (Å²) in [6.45, 7) is 3.07. The summed E-state index contributed by atoms with van der Waals surface area (Å²) in [7, 11) is 0. The summed E-state index contributed by atoms with van der Waals surface area (Å²) in [5, 5.41) is 6.25. The molecule has 0 aromatic heterocycles. The third-order valence-corrected chi connectivity index (χ3v) is 4.68. The number of carbonyl (C=O) groups is 1. The van der Waals surface area contributed by atoms with E-state index in [-0.39, 0.29) is 30.4 Å². The van der Waals surface area contributed by atoms with Crippen molar-refractivity contribution >= 4 is 18.3 Å². The highest BCUT2D eigenvalue weighted by molar-refractivity contribution is 5.85. The summed E-state index contributed by atoms with van der Waals surface area (Å²) >= 11 is 0. The number of nitrogens with zero attached hydrogens (tertiary/aromatic N) is 1. The largest absolute Gasteiger partial charge is 0.416 e. The predicted octanol–water partition coefficient (Wildman–Crippen LogP) is 2.57. The van der Waals surface area contributed by atoms with Crippen molar-refractivity contribution < 1.29 is 18.0 Å². The quantitative estimate of drug-likeness (QED) is 0.847. The van der Waals surface area contributed by atoms with Gasteiger partial charge in [-0.25, -0.2) is 0 Å². The highest BCUT2D eigenvalue weighted by atomic mass is 35.5. The Hall–Kier alpha value is -1.31. The minimum absolute atomic E-state index is 0. The lowest BCUT2D eigenvalue weighted by Crippen LogP contribution is -2.46. The fourth-order valence-electron chi connectivity index (χ4n) is 3.36.